The molecule has 0 radical (unpaired) electrons. The molecule has 0 unspecified atom stereocenters. The normalized spacial score (nSPS) is 27.5. The first-order chi connectivity index (χ1) is 3.67. The first-order valence-corrected chi connectivity index (χ1v) is 3.65. The molecule has 0 amide bonds. The molecule has 0 bridgehead atoms. The van der Waals surface area contributed by atoms with E-state index in [1.54, 1.807) is 0 Å². The van der Waals surface area contributed by atoms with Crippen LogP contribution in [0.1, 0.15) is 0 Å². The van der Waals surface area contributed by atoms with Crippen LogP contribution in [-0.2, 0) is 14.6 Å². The predicted octanol–water partition coefficient (Wildman–Crippen LogP) is 0.128. The molecule has 0 spiro atoms. The first-order valence-electron chi connectivity index (χ1n) is 2.04. The zero-order valence-corrected chi connectivity index (χ0v) is 4.60. The number of hydrogen-bond donors (Lipinski definition) is 0. The lowest BCUT2D eigenvalue weighted by atomic mass is 10.6. The van der Waals surface area contributed by atoms with E-state index in [1.807, 2.05) is 0 Å². The molecule has 0 aliphatic carbocycles. The van der Waals surface area contributed by atoms with E-state index in [0.29, 0.717) is 11.5 Å². The highest BCUT2D eigenvalue weighted by Crippen LogP contribution is 2.38. The van der Waals surface area contributed by atoms with Crippen molar-refractivity contribution in [3.63, 3.8) is 0 Å². The van der Waals surface area contributed by atoms with Gasteiger partial charge in [-0.25, -0.2) is 8.42 Å². The summed E-state index contributed by atoms with van der Waals surface area (Å²) in [6, 6.07) is 0. The molecule has 42 valence electrons. The van der Waals surface area contributed by atoms with Gasteiger partial charge in [-0.2, -0.15) is 0 Å². The van der Waals surface area contributed by atoms with Crippen molar-refractivity contribution in [2.24, 2.45) is 0 Å². The molecule has 8 heavy (non-hydrogen) atoms. The van der Waals surface area contributed by atoms with Crippen LogP contribution in [0, 0.1) is 0 Å². The topological polar surface area (TPSA) is 46.7 Å². The zero-order valence-electron chi connectivity index (χ0n) is 3.79. The minimum absolute atomic E-state index is 0.505. The highest BCUT2D eigenvalue weighted by Gasteiger charge is 2.35. The van der Waals surface area contributed by atoms with Gasteiger partial charge >= 0.3 is 0 Å². The van der Waals surface area contributed by atoms with Crippen molar-refractivity contribution in [1.29, 1.82) is 0 Å². The van der Waals surface area contributed by atoms with Gasteiger partial charge in [-0.15, -0.1) is 0 Å². The summed E-state index contributed by atoms with van der Waals surface area (Å²) in [5, 5.41) is 2.23. The Morgan fingerprint density at radius 1 is 1.25 bits per heavy atom. The third-order valence-corrected chi connectivity index (χ3v) is 2.05. The van der Waals surface area contributed by atoms with Crippen molar-refractivity contribution in [3.8, 4) is 0 Å². The van der Waals surface area contributed by atoms with Gasteiger partial charge in [0, 0.05) is 0 Å². The maximum Gasteiger partial charge on any atom is 0.200 e. The summed E-state index contributed by atoms with van der Waals surface area (Å²) in [6.07, 6.45) is 0. The fourth-order valence-corrected chi connectivity index (χ4v) is 1.58. The summed E-state index contributed by atoms with van der Waals surface area (Å²) in [5.74, 6) is 1.01. The summed E-state index contributed by atoms with van der Waals surface area (Å²) < 4.78 is 25.5. The van der Waals surface area contributed by atoms with Crippen LogP contribution in [0.15, 0.2) is 22.3 Å². The van der Waals surface area contributed by atoms with E-state index in [9.17, 15) is 8.42 Å². The van der Waals surface area contributed by atoms with Crippen molar-refractivity contribution in [2.45, 2.75) is 0 Å². The fraction of sp³-hybridized carbons (Fsp3) is 0. The molecule has 2 aliphatic rings. The second kappa shape index (κ2) is 0.842. The fourth-order valence-electron chi connectivity index (χ4n) is 0.590. The van der Waals surface area contributed by atoms with E-state index in [4.69, 9.17) is 0 Å². The smallest absolute Gasteiger partial charge is 0.200 e. The standard InChI is InChI=1S/C4H2O3S/c5-8(6)1-3-4(2-8)7-3/h1-2H. The van der Waals surface area contributed by atoms with E-state index in [2.05, 4.69) is 4.74 Å². The maximum atomic E-state index is 10.4. The van der Waals surface area contributed by atoms with Crippen LogP contribution in [-0.4, -0.2) is 8.42 Å². The van der Waals surface area contributed by atoms with Crippen molar-refractivity contribution < 1.29 is 13.2 Å². The molecule has 2 rings (SSSR count). The summed E-state index contributed by atoms with van der Waals surface area (Å²) in [5.41, 5.74) is 0. The molecule has 0 atom stereocenters. The minimum atomic E-state index is -2.99. The van der Waals surface area contributed by atoms with Gasteiger partial charge in [0.1, 0.15) is 0 Å². The predicted molar refractivity (Wildman–Crippen MR) is 26.2 cm³/mol. The van der Waals surface area contributed by atoms with Gasteiger partial charge in [0.05, 0.1) is 10.8 Å². The molecular weight excluding hydrogens is 128 g/mol. The number of rotatable bonds is 0. The first kappa shape index (κ1) is 4.14. The molecule has 0 aromatic carbocycles. The van der Waals surface area contributed by atoms with Crippen LogP contribution in [0.3, 0.4) is 0 Å². The van der Waals surface area contributed by atoms with E-state index in [0.717, 1.165) is 10.8 Å². The van der Waals surface area contributed by atoms with Crippen LogP contribution in [0.4, 0.5) is 0 Å². The highest BCUT2D eigenvalue weighted by atomic mass is 32.2. The van der Waals surface area contributed by atoms with Gasteiger partial charge in [-0.1, -0.05) is 0 Å². The number of hydrogen-bond acceptors (Lipinski definition) is 3. The van der Waals surface area contributed by atoms with E-state index >= 15 is 0 Å². The summed E-state index contributed by atoms with van der Waals surface area (Å²) in [7, 11) is -2.99. The van der Waals surface area contributed by atoms with Gasteiger partial charge < -0.3 is 4.74 Å². The highest BCUT2D eigenvalue weighted by molar-refractivity contribution is 7.97. The SMILES string of the molecule is O=S1(=O)C=C2OC2=C1. The second-order valence-corrected chi connectivity index (χ2v) is 3.30. The van der Waals surface area contributed by atoms with Crippen LogP contribution < -0.4 is 0 Å². The minimum Gasteiger partial charge on any atom is -0.448 e. The molecule has 2 aliphatic heterocycles. The van der Waals surface area contributed by atoms with Crippen molar-refractivity contribution in [3.05, 3.63) is 22.3 Å². The van der Waals surface area contributed by atoms with E-state index < -0.39 is 9.84 Å². The number of sulfone groups is 1. The average Bonchev–Trinajstić information content (AvgIpc) is 2.11. The Morgan fingerprint density at radius 3 is 2.00 bits per heavy atom. The third-order valence-electron chi connectivity index (χ3n) is 0.964. The Morgan fingerprint density at radius 2 is 1.75 bits per heavy atom. The largest absolute Gasteiger partial charge is 0.448 e. The summed E-state index contributed by atoms with van der Waals surface area (Å²) in [4.78, 5) is 0. The average molecular weight is 130 g/mol. The maximum absolute atomic E-state index is 10.4. The molecule has 0 aromatic rings. The summed E-state index contributed by atoms with van der Waals surface area (Å²) in [6.45, 7) is 0. The van der Waals surface area contributed by atoms with Gasteiger partial charge in [0.2, 0.25) is 9.84 Å². The van der Waals surface area contributed by atoms with Gasteiger partial charge in [0.15, 0.2) is 11.5 Å². The Balaban J connectivity index is 2.75. The van der Waals surface area contributed by atoms with Gasteiger partial charge in [-0.05, 0) is 0 Å². The zero-order chi connectivity index (χ0) is 5.78. The van der Waals surface area contributed by atoms with Crippen LogP contribution in [0.25, 0.3) is 0 Å². The van der Waals surface area contributed by atoms with Crippen LogP contribution in [0.2, 0.25) is 0 Å². The molecule has 0 aromatic heterocycles. The van der Waals surface area contributed by atoms with Gasteiger partial charge in [-0.3, -0.25) is 0 Å². The molecule has 3 nitrogen and oxygen atoms in total. The molecule has 2 heterocycles. The van der Waals surface area contributed by atoms with Crippen LogP contribution in [0.5, 0.6) is 0 Å². The van der Waals surface area contributed by atoms with E-state index in [1.165, 1.54) is 0 Å². The number of fused-ring (bicyclic) bond motifs is 1. The molecule has 1 saturated heterocycles. The molecule has 0 saturated carbocycles. The lowest BCUT2D eigenvalue weighted by Gasteiger charge is -1.77. The molecule has 4 heteroatoms. The van der Waals surface area contributed by atoms with Crippen molar-refractivity contribution >= 4 is 9.84 Å². The molecular formula is C4H2O3S. The van der Waals surface area contributed by atoms with Crippen molar-refractivity contribution in [1.82, 2.24) is 0 Å². The Bertz CT molecular complexity index is 269. The number of ether oxygens (including phenoxy) is 1. The molecule has 1 fully saturated rings. The lowest BCUT2D eigenvalue weighted by Crippen LogP contribution is -1.83. The quantitative estimate of drug-likeness (QED) is 0.438. The lowest BCUT2D eigenvalue weighted by molar-refractivity contribution is 0.550. The van der Waals surface area contributed by atoms with Crippen molar-refractivity contribution in [2.75, 3.05) is 0 Å². The van der Waals surface area contributed by atoms with Crippen LogP contribution >= 0.6 is 0 Å². The van der Waals surface area contributed by atoms with Gasteiger partial charge in [0.25, 0.3) is 0 Å². The monoisotopic (exact) mass is 130 g/mol. The summed E-state index contributed by atoms with van der Waals surface area (Å²) >= 11 is 0. The molecule has 0 N–H and O–H groups in total. The third kappa shape index (κ3) is 0.403. The second-order valence-electron chi connectivity index (χ2n) is 1.66. The van der Waals surface area contributed by atoms with E-state index in [-0.39, 0.29) is 0 Å². The Kier molecular flexibility index (Phi) is 0.436. The Hall–Kier alpha value is -0.770. The number of epoxide rings is 1. The Labute approximate surface area is 46.2 Å².